The zero-order chi connectivity index (χ0) is 13.0. The van der Waals surface area contributed by atoms with E-state index < -0.39 is 0 Å². The van der Waals surface area contributed by atoms with Gasteiger partial charge in [-0.3, -0.25) is 4.98 Å². The van der Waals surface area contributed by atoms with Crippen molar-refractivity contribution in [3.8, 4) is 0 Å². The molecule has 0 amide bonds. The van der Waals surface area contributed by atoms with Crippen LogP contribution in [0.15, 0.2) is 52.1 Å². The zero-order valence-electron chi connectivity index (χ0n) is 9.51. The first-order valence-corrected chi connectivity index (χ1v) is 7.18. The molecule has 1 aromatic carbocycles. The summed E-state index contributed by atoms with van der Waals surface area (Å²) in [5.74, 6) is 0.265. The topological polar surface area (TPSA) is 38.9 Å². The molecule has 1 unspecified atom stereocenters. The SMILES string of the molecule is NC(CSc1ccccc1Br)c1ccncc1F. The Bertz CT molecular complexity index is 536. The van der Waals surface area contributed by atoms with Crippen LogP contribution < -0.4 is 5.73 Å². The van der Waals surface area contributed by atoms with Crippen LogP contribution in [0.25, 0.3) is 0 Å². The second-order valence-electron chi connectivity index (χ2n) is 3.75. The lowest BCUT2D eigenvalue weighted by atomic mass is 10.1. The quantitative estimate of drug-likeness (QED) is 0.869. The van der Waals surface area contributed by atoms with Crippen LogP contribution in [-0.2, 0) is 0 Å². The Balaban J connectivity index is 2.03. The van der Waals surface area contributed by atoms with E-state index >= 15 is 0 Å². The van der Waals surface area contributed by atoms with Gasteiger partial charge in [0.25, 0.3) is 0 Å². The largest absolute Gasteiger partial charge is 0.323 e. The molecule has 1 heterocycles. The number of hydrogen-bond acceptors (Lipinski definition) is 3. The summed E-state index contributed by atoms with van der Waals surface area (Å²) < 4.78 is 14.5. The first-order valence-electron chi connectivity index (χ1n) is 5.41. The summed E-state index contributed by atoms with van der Waals surface area (Å²) in [7, 11) is 0. The Kier molecular flexibility index (Phi) is 4.74. The number of nitrogens with two attached hydrogens (primary N) is 1. The molecule has 0 radical (unpaired) electrons. The molecule has 1 atom stereocenters. The van der Waals surface area contributed by atoms with E-state index in [9.17, 15) is 4.39 Å². The lowest BCUT2D eigenvalue weighted by molar-refractivity contribution is 0.589. The summed E-state index contributed by atoms with van der Waals surface area (Å²) in [5, 5.41) is 0. The summed E-state index contributed by atoms with van der Waals surface area (Å²) in [4.78, 5) is 4.81. The fraction of sp³-hybridized carbons (Fsp3) is 0.154. The van der Waals surface area contributed by atoms with Gasteiger partial charge in [0.05, 0.1) is 6.20 Å². The molecule has 1 aromatic heterocycles. The molecule has 0 aliphatic rings. The second-order valence-corrected chi connectivity index (χ2v) is 5.66. The monoisotopic (exact) mass is 326 g/mol. The van der Waals surface area contributed by atoms with E-state index in [1.165, 1.54) is 6.20 Å². The van der Waals surface area contributed by atoms with Gasteiger partial charge in [-0.1, -0.05) is 12.1 Å². The van der Waals surface area contributed by atoms with Crippen LogP contribution in [0.2, 0.25) is 0 Å². The third kappa shape index (κ3) is 3.31. The van der Waals surface area contributed by atoms with E-state index in [2.05, 4.69) is 20.9 Å². The van der Waals surface area contributed by atoms with Crippen molar-refractivity contribution in [2.75, 3.05) is 5.75 Å². The summed E-state index contributed by atoms with van der Waals surface area (Å²) in [6, 6.07) is 9.18. The van der Waals surface area contributed by atoms with Gasteiger partial charge in [0.15, 0.2) is 0 Å². The highest BCUT2D eigenvalue weighted by atomic mass is 79.9. The van der Waals surface area contributed by atoms with E-state index in [1.54, 1.807) is 24.0 Å². The number of halogens is 2. The third-order valence-electron chi connectivity index (χ3n) is 2.46. The van der Waals surface area contributed by atoms with Crippen LogP contribution in [0, 0.1) is 5.82 Å². The molecule has 0 bridgehead atoms. The molecule has 0 aliphatic carbocycles. The number of pyridine rings is 1. The molecule has 0 fully saturated rings. The van der Waals surface area contributed by atoms with Crippen LogP contribution in [0.1, 0.15) is 11.6 Å². The van der Waals surface area contributed by atoms with Crippen molar-refractivity contribution in [3.63, 3.8) is 0 Å². The molecule has 5 heteroatoms. The maximum Gasteiger partial charge on any atom is 0.146 e. The Morgan fingerprint density at radius 1 is 1.33 bits per heavy atom. The van der Waals surface area contributed by atoms with E-state index in [-0.39, 0.29) is 11.9 Å². The lowest BCUT2D eigenvalue weighted by Gasteiger charge is -2.12. The third-order valence-corrected chi connectivity index (χ3v) is 4.61. The number of hydrogen-bond donors (Lipinski definition) is 1. The van der Waals surface area contributed by atoms with E-state index in [0.29, 0.717) is 11.3 Å². The predicted molar refractivity (Wildman–Crippen MR) is 76.0 cm³/mol. The number of aromatic nitrogens is 1. The van der Waals surface area contributed by atoms with Crippen molar-refractivity contribution >= 4 is 27.7 Å². The minimum absolute atomic E-state index is 0.342. The molecular weight excluding hydrogens is 315 g/mol. The minimum Gasteiger partial charge on any atom is -0.323 e. The van der Waals surface area contributed by atoms with Gasteiger partial charge >= 0.3 is 0 Å². The Labute approximate surface area is 118 Å². The average Bonchev–Trinajstić information content (AvgIpc) is 2.38. The minimum atomic E-state index is -0.349. The molecule has 2 N–H and O–H groups in total. The number of nitrogens with zero attached hydrogens (tertiary/aromatic N) is 1. The van der Waals surface area contributed by atoms with Gasteiger partial charge in [-0.05, 0) is 34.1 Å². The molecule has 2 nitrogen and oxygen atoms in total. The standard InChI is InChI=1S/C13H12BrFN2S/c14-10-3-1-2-4-13(10)18-8-12(16)9-5-6-17-7-11(9)15/h1-7,12H,8,16H2. The maximum atomic E-state index is 13.5. The van der Waals surface area contributed by atoms with Crippen molar-refractivity contribution in [1.29, 1.82) is 0 Å². The Morgan fingerprint density at radius 2 is 2.11 bits per heavy atom. The predicted octanol–water partition coefficient (Wildman–Crippen LogP) is 3.78. The molecule has 2 aromatic rings. The number of thioether (sulfide) groups is 1. The molecule has 0 aliphatic heterocycles. The molecule has 18 heavy (non-hydrogen) atoms. The van der Waals surface area contributed by atoms with Gasteiger partial charge in [-0.25, -0.2) is 4.39 Å². The number of benzene rings is 1. The maximum absolute atomic E-state index is 13.5. The van der Waals surface area contributed by atoms with Crippen molar-refractivity contribution in [2.45, 2.75) is 10.9 Å². The molecule has 0 saturated heterocycles. The summed E-state index contributed by atoms with van der Waals surface area (Å²) >= 11 is 5.07. The normalized spacial score (nSPS) is 12.4. The van der Waals surface area contributed by atoms with E-state index in [0.717, 1.165) is 9.37 Å². The number of rotatable bonds is 4. The average molecular weight is 327 g/mol. The van der Waals surface area contributed by atoms with Gasteiger partial charge in [-0.2, -0.15) is 0 Å². The summed E-state index contributed by atoms with van der Waals surface area (Å²) in [6.45, 7) is 0. The van der Waals surface area contributed by atoms with Crippen LogP contribution in [0.4, 0.5) is 4.39 Å². The molecule has 0 spiro atoms. The lowest BCUT2D eigenvalue weighted by Crippen LogP contribution is -2.14. The van der Waals surface area contributed by atoms with E-state index in [4.69, 9.17) is 5.73 Å². The molecule has 0 saturated carbocycles. The van der Waals surface area contributed by atoms with Crippen molar-refractivity contribution in [1.82, 2.24) is 4.98 Å². The molecule has 94 valence electrons. The summed E-state index contributed by atoms with van der Waals surface area (Å²) in [5.41, 5.74) is 6.49. The zero-order valence-corrected chi connectivity index (χ0v) is 11.9. The van der Waals surface area contributed by atoms with Crippen LogP contribution in [0.5, 0.6) is 0 Å². The van der Waals surface area contributed by atoms with Gasteiger partial charge in [0, 0.05) is 32.9 Å². The fourth-order valence-corrected chi connectivity index (χ4v) is 3.07. The van der Waals surface area contributed by atoms with Crippen molar-refractivity contribution in [3.05, 3.63) is 58.6 Å². The summed E-state index contributed by atoms with van der Waals surface area (Å²) in [6.07, 6.45) is 2.75. The first-order chi connectivity index (χ1) is 8.68. The van der Waals surface area contributed by atoms with Gasteiger partial charge in [-0.15, -0.1) is 11.8 Å². The van der Waals surface area contributed by atoms with Crippen LogP contribution in [-0.4, -0.2) is 10.7 Å². The highest BCUT2D eigenvalue weighted by Gasteiger charge is 2.12. The van der Waals surface area contributed by atoms with Crippen LogP contribution in [0.3, 0.4) is 0 Å². The Morgan fingerprint density at radius 3 is 2.83 bits per heavy atom. The van der Waals surface area contributed by atoms with Gasteiger partial charge < -0.3 is 5.73 Å². The fourth-order valence-electron chi connectivity index (χ4n) is 1.52. The molecule has 2 rings (SSSR count). The Hall–Kier alpha value is -0.910. The van der Waals surface area contributed by atoms with Crippen LogP contribution >= 0.6 is 27.7 Å². The van der Waals surface area contributed by atoms with Crippen molar-refractivity contribution in [2.24, 2.45) is 5.73 Å². The first kappa shape index (κ1) is 13.5. The smallest absolute Gasteiger partial charge is 0.146 e. The highest BCUT2D eigenvalue weighted by Crippen LogP contribution is 2.29. The second kappa shape index (κ2) is 6.31. The highest BCUT2D eigenvalue weighted by molar-refractivity contribution is 9.10. The van der Waals surface area contributed by atoms with E-state index in [1.807, 2.05) is 24.3 Å². The van der Waals surface area contributed by atoms with Crippen molar-refractivity contribution < 1.29 is 4.39 Å². The molecular formula is C13H12BrFN2S. The van der Waals surface area contributed by atoms with Gasteiger partial charge in [0.2, 0.25) is 0 Å². The van der Waals surface area contributed by atoms with Gasteiger partial charge in [0.1, 0.15) is 5.82 Å².